The van der Waals surface area contributed by atoms with Crippen LogP contribution in [0.3, 0.4) is 0 Å². The minimum atomic E-state index is -1.06. The highest BCUT2D eigenvalue weighted by Crippen LogP contribution is 2.04. The molecule has 0 spiro atoms. The summed E-state index contributed by atoms with van der Waals surface area (Å²) in [6.07, 6.45) is 1.28. The number of hydrogen-bond donors (Lipinski definition) is 6. The van der Waals surface area contributed by atoms with Gasteiger partial charge in [0.2, 0.25) is 11.8 Å². The third-order valence-corrected chi connectivity index (χ3v) is 3.72. The molecule has 0 saturated carbocycles. The van der Waals surface area contributed by atoms with Crippen LogP contribution in [0.25, 0.3) is 0 Å². The van der Waals surface area contributed by atoms with Crippen LogP contribution in [0.5, 0.6) is 0 Å². The SMILES string of the molecule is N=C(N)NCCCCNC(=O)[C@H](Cc1ccccc1)NC(=O)CCC(=O)O. The van der Waals surface area contributed by atoms with Crippen LogP contribution in [0.2, 0.25) is 0 Å². The topological polar surface area (TPSA) is 157 Å². The second kappa shape index (κ2) is 12.3. The molecule has 0 saturated heterocycles. The fraction of sp³-hybridized carbons (Fsp3) is 0.444. The van der Waals surface area contributed by atoms with E-state index in [0.29, 0.717) is 25.9 Å². The number of benzene rings is 1. The van der Waals surface area contributed by atoms with Gasteiger partial charge in [-0.05, 0) is 18.4 Å². The number of unbranched alkanes of at least 4 members (excludes halogenated alkanes) is 1. The van der Waals surface area contributed by atoms with Crippen molar-refractivity contribution in [3.63, 3.8) is 0 Å². The van der Waals surface area contributed by atoms with Gasteiger partial charge >= 0.3 is 5.97 Å². The highest BCUT2D eigenvalue weighted by Gasteiger charge is 2.21. The second-order valence-corrected chi connectivity index (χ2v) is 6.04. The molecule has 9 nitrogen and oxygen atoms in total. The van der Waals surface area contributed by atoms with E-state index in [2.05, 4.69) is 16.0 Å². The van der Waals surface area contributed by atoms with Crippen molar-refractivity contribution >= 4 is 23.7 Å². The third-order valence-electron chi connectivity index (χ3n) is 3.72. The van der Waals surface area contributed by atoms with E-state index in [1.165, 1.54) is 0 Å². The van der Waals surface area contributed by atoms with Crippen LogP contribution in [0.15, 0.2) is 30.3 Å². The number of carboxylic acid groups (broad SMARTS) is 1. The molecule has 0 aromatic heterocycles. The van der Waals surface area contributed by atoms with Crippen molar-refractivity contribution in [1.82, 2.24) is 16.0 Å². The zero-order valence-electron chi connectivity index (χ0n) is 15.2. The number of carboxylic acids is 1. The number of hydrogen-bond acceptors (Lipinski definition) is 4. The molecule has 9 heteroatoms. The summed E-state index contributed by atoms with van der Waals surface area (Å²) in [5, 5.41) is 23.8. The summed E-state index contributed by atoms with van der Waals surface area (Å²) in [6, 6.07) is 8.49. The Bertz CT molecular complexity index is 636. The Balaban J connectivity index is 2.53. The summed E-state index contributed by atoms with van der Waals surface area (Å²) in [4.78, 5) is 35.0. The molecule has 148 valence electrons. The third kappa shape index (κ3) is 10.5. The van der Waals surface area contributed by atoms with Crippen LogP contribution in [-0.2, 0) is 20.8 Å². The van der Waals surface area contributed by atoms with Gasteiger partial charge in [0.25, 0.3) is 0 Å². The predicted molar refractivity (Wildman–Crippen MR) is 101 cm³/mol. The van der Waals surface area contributed by atoms with Crippen LogP contribution in [-0.4, -0.2) is 48.0 Å². The molecule has 7 N–H and O–H groups in total. The lowest BCUT2D eigenvalue weighted by Gasteiger charge is -2.18. The predicted octanol–water partition coefficient (Wildman–Crippen LogP) is -0.0418. The van der Waals surface area contributed by atoms with Crippen molar-refractivity contribution in [3.8, 4) is 0 Å². The molecule has 0 aliphatic heterocycles. The van der Waals surface area contributed by atoms with Crippen LogP contribution < -0.4 is 21.7 Å². The van der Waals surface area contributed by atoms with Crippen molar-refractivity contribution in [2.24, 2.45) is 5.73 Å². The highest BCUT2D eigenvalue weighted by atomic mass is 16.4. The lowest BCUT2D eigenvalue weighted by Crippen LogP contribution is -2.48. The molecule has 0 aliphatic rings. The molecule has 0 aliphatic carbocycles. The molecule has 0 bridgehead atoms. The van der Waals surface area contributed by atoms with E-state index in [9.17, 15) is 14.4 Å². The summed E-state index contributed by atoms with van der Waals surface area (Å²) >= 11 is 0. The largest absolute Gasteiger partial charge is 0.481 e. The van der Waals surface area contributed by atoms with Gasteiger partial charge in [0.15, 0.2) is 5.96 Å². The van der Waals surface area contributed by atoms with Gasteiger partial charge in [-0.1, -0.05) is 30.3 Å². The van der Waals surface area contributed by atoms with E-state index in [1.807, 2.05) is 30.3 Å². The van der Waals surface area contributed by atoms with Gasteiger partial charge in [-0.2, -0.15) is 0 Å². The quantitative estimate of drug-likeness (QED) is 0.170. The zero-order chi connectivity index (χ0) is 20.1. The molecule has 0 radical (unpaired) electrons. The minimum Gasteiger partial charge on any atom is -0.481 e. The number of carbonyl (C=O) groups is 3. The maximum Gasteiger partial charge on any atom is 0.303 e. The highest BCUT2D eigenvalue weighted by molar-refractivity contribution is 5.88. The molecule has 1 atom stereocenters. The van der Waals surface area contributed by atoms with Gasteiger partial charge in [-0.25, -0.2) is 0 Å². The molecule has 0 fully saturated rings. The lowest BCUT2D eigenvalue weighted by molar-refractivity contribution is -0.139. The molecular weight excluding hydrogens is 350 g/mol. The molecule has 2 amide bonds. The molecule has 1 aromatic rings. The van der Waals surface area contributed by atoms with Crippen LogP contribution in [0.4, 0.5) is 0 Å². The number of nitrogens with two attached hydrogens (primary N) is 1. The first-order valence-corrected chi connectivity index (χ1v) is 8.79. The molecular formula is C18H27N5O4. The first-order chi connectivity index (χ1) is 12.9. The Morgan fingerprint density at radius 3 is 2.26 bits per heavy atom. The molecule has 0 unspecified atom stereocenters. The molecule has 1 aromatic carbocycles. The number of guanidine groups is 1. The van der Waals surface area contributed by atoms with Gasteiger partial charge in [0.05, 0.1) is 6.42 Å². The van der Waals surface area contributed by atoms with Crippen molar-refractivity contribution in [1.29, 1.82) is 5.41 Å². The molecule has 0 heterocycles. The fourth-order valence-electron chi connectivity index (χ4n) is 2.35. The van der Waals surface area contributed by atoms with Gasteiger partial charge in [-0.15, -0.1) is 0 Å². The summed E-state index contributed by atoms with van der Waals surface area (Å²) in [7, 11) is 0. The Labute approximate surface area is 158 Å². The van der Waals surface area contributed by atoms with Crippen LogP contribution in [0.1, 0.15) is 31.2 Å². The number of rotatable bonds is 12. The van der Waals surface area contributed by atoms with Crippen molar-refractivity contribution in [2.45, 2.75) is 38.1 Å². The van der Waals surface area contributed by atoms with E-state index < -0.39 is 17.9 Å². The maximum atomic E-state index is 12.5. The number of amides is 2. The fourth-order valence-corrected chi connectivity index (χ4v) is 2.35. The zero-order valence-corrected chi connectivity index (χ0v) is 15.2. The van der Waals surface area contributed by atoms with Gasteiger partial charge in [0, 0.05) is 25.9 Å². The lowest BCUT2D eigenvalue weighted by atomic mass is 10.0. The Morgan fingerprint density at radius 1 is 1.04 bits per heavy atom. The van der Waals surface area contributed by atoms with Gasteiger partial charge in [0.1, 0.15) is 6.04 Å². The van der Waals surface area contributed by atoms with E-state index in [1.54, 1.807) is 0 Å². The Kier molecular flexibility index (Phi) is 9.98. The van der Waals surface area contributed by atoms with Gasteiger partial charge in [-0.3, -0.25) is 19.8 Å². The standard InChI is InChI=1S/C18H27N5O4/c19-18(20)22-11-5-4-10-21-17(27)14(12-13-6-2-1-3-7-13)23-15(24)8-9-16(25)26/h1-3,6-7,14H,4-5,8-12H2,(H,21,27)(H,23,24)(H,25,26)(H4,19,20,22)/t14-/m0/s1. The average molecular weight is 377 g/mol. The van der Waals surface area contributed by atoms with E-state index in [-0.39, 0.29) is 24.7 Å². The van der Waals surface area contributed by atoms with Gasteiger partial charge < -0.3 is 26.8 Å². The van der Waals surface area contributed by atoms with Crippen molar-refractivity contribution in [2.75, 3.05) is 13.1 Å². The smallest absolute Gasteiger partial charge is 0.303 e. The normalized spacial score (nSPS) is 11.3. The van der Waals surface area contributed by atoms with E-state index >= 15 is 0 Å². The van der Waals surface area contributed by atoms with Crippen molar-refractivity contribution < 1.29 is 19.5 Å². The number of carbonyl (C=O) groups excluding carboxylic acids is 2. The summed E-state index contributed by atoms with van der Waals surface area (Å²) < 4.78 is 0. The molecule has 27 heavy (non-hydrogen) atoms. The molecule has 1 rings (SSSR count). The van der Waals surface area contributed by atoms with Crippen LogP contribution >= 0.6 is 0 Å². The average Bonchev–Trinajstić information content (AvgIpc) is 2.62. The summed E-state index contributed by atoms with van der Waals surface area (Å²) in [5.41, 5.74) is 6.07. The number of aliphatic carboxylic acids is 1. The van der Waals surface area contributed by atoms with Crippen molar-refractivity contribution in [3.05, 3.63) is 35.9 Å². The van der Waals surface area contributed by atoms with E-state index in [4.69, 9.17) is 16.2 Å². The Hall–Kier alpha value is -3.10. The Morgan fingerprint density at radius 2 is 1.67 bits per heavy atom. The first kappa shape index (κ1) is 21.9. The second-order valence-electron chi connectivity index (χ2n) is 6.04. The summed E-state index contributed by atoms with van der Waals surface area (Å²) in [5.74, 6) is -1.94. The van der Waals surface area contributed by atoms with Crippen LogP contribution in [0, 0.1) is 5.41 Å². The maximum absolute atomic E-state index is 12.5. The van der Waals surface area contributed by atoms with E-state index in [0.717, 1.165) is 12.0 Å². The monoisotopic (exact) mass is 377 g/mol. The minimum absolute atomic E-state index is 0.0916. The summed E-state index contributed by atoms with van der Waals surface area (Å²) in [6.45, 7) is 0.972. The number of nitrogens with one attached hydrogen (secondary N) is 4. The first-order valence-electron chi connectivity index (χ1n) is 8.79.